The topological polar surface area (TPSA) is 46.2 Å². The second-order valence-corrected chi connectivity index (χ2v) is 8.24. The van der Waals surface area contributed by atoms with Crippen LogP contribution in [0.4, 0.5) is 5.69 Å². The van der Waals surface area contributed by atoms with Gasteiger partial charge in [-0.15, -0.1) is 0 Å². The Morgan fingerprint density at radius 2 is 1.95 bits per heavy atom. The monoisotopic (exact) mass is 365 g/mol. The molecule has 1 atom stereocenters. The lowest BCUT2D eigenvalue weighted by molar-refractivity contribution is 0.576. The van der Waals surface area contributed by atoms with Crippen molar-refractivity contribution in [3.63, 3.8) is 0 Å². The second-order valence-electron chi connectivity index (χ2n) is 5.31. The van der Waals surface area contributed by atoms with E-state index in [2.05, 4.69) is 27.3 Å². The Labute approximate surface area is 133 Å². The van der Waals surface area contributed by atoms with E-state index in [4.69, 9.17) is 0 Å². The van der Waals surface area contributed by atoms with Gasteiger partial charge in [-0.3, -0.25) is 0 Å². The molecule has 2 aromatic rings. The summed E-state index contributed by atoms with van der Waals surface area (Å²) in [5, 5.41) is 3.46. The summed E-state index contributed by atoms with van der Waals surface area (Å²) in [6.45, 7) is 2.04. The molecule has 1 unspecified atom stereocenters. The number of fused-ring (bicyclic) bond motifs is 1. The minimum absolute atomic E-state index is 0.0327. The first-order chi connectivity index (χ1) is 9.97. The summed E-state index contributed by atoms with van der Waals surface area (Å²) >= 11 is 3.49. The quantitative estimate of drug-likeness (QED) is 0.871. The number of hydrogen-bond donors (Lipinski definition) is 1. The second kappa shape index (κ2) is 5.46. The highest BCUT2D eigenvalue weighted by Gasteiger charge is 2.29. The number of aryl methyl sites for hydroxylation is 1. The lowest BCUT2D eigenvalue weighted by atomic mass is 10.0. The Bertz CT molecular complexity index is 787. The average Bonchev–Trinajstić information content (AvgIpc) is 2.46. The molecule has 0 aromatic heterocycles. The molecule has 1 heterocycles. The summed E-state index contributed by atoms with van der Waals surface area (Å²) in [6.07, 6.45) is 0.592. The number of rotatable bonds is 2. The van der Waals surface area contributed by atoms with Crippen molar-refractivity contribution in [2.45, 2.75) is 24.3 Å². The summed E-state index contributed by atoms with van der Waals surface area (Å²) in [7, 11) is -3.13. The lowest BCUT2D eigenvalue weighted by Gasteiger charge is -2.27. The molecule has 0 spiro atoms. The summed E-state index contributed by atoms with van der Waals surface area (Å²) in [6, 6.07) is 13.4. The molecule has 0 saturated carbocycles. The molecule has 0 radical (unpaired) electrons. The predicted molar refractivity (Wildman–Crippen MR) is 88.4 cm³/mol. The van der Waals surface area contributed by atoms with Gasteiger partial charge >= 0.3 is 0 Å². The van der Waals surface area contributed by atoms with E-state index in [9.17, 15) is 8.42 Å². The molecule has 3 nitrogen and oxygen atoms in total. The van der Waals surface area contributed by atoms with E-state index < -0.39 is 9.84 Å². The number of benzene rings is 2. The van der Waals surface area contributed by atoms with Gasteiger partial charge in [-0.1, -0.05) is 34.1 Å². The molecule has 110 valence electrons. The normalized spacial score (nSPS) is 19.8. The lowest BCUT2D eigenvalue weighted by Crippen LogP contribution is -2.24. The van der Waals surface area contributed by atoms with E-state index in [-0.39, 0.29) is 11.8 Å². The third kappa shape index (κ3) is 2.85. The van der Waals surface area contributed by atoms with Gasteiger partial charge in [0.15, 0.2) is 9.84 Å². The van der Waals surface area contributed by atoms with Crippen LogP contribution in [0.3, 0.4) is 0 Å². The van der Waals surface area contributed by atoms with Crippen molar-refractivity contribution in [1.29, 1.82) is 0 Å². The van der Waals surface area contributed by atoms with Crippen LogP contribution in [0.5, 0.6) is 0 Å². The summed E-state index contributed by atoms with van der Waals surface area (Å²) in [5.74, 6) is 0.192. The zero-order valence-electron chi connectivity index (χ0n) is 11.6. The molecule has 21 heavy (non-hydrogen) atoms. The van der Waals surface area contributed by atoms with E-state index >= 15 is 0 Å². The molecule has 0 fully saturated rings. The van der Waals surface area contributed by atoms with Gasteiger partial charge in [-0.25, -0.2) is 8.42 Å². The van der Waals surface area contributed by atoms with Crippen molar-refractivity contribution < 1.29 is 8.42 Å². The minimum Gasteiger partial charge on any atom is -0.378 e. The average molecular weight is 366 g/mol. The molecule has 0 saturated heterocycles. The number of hydrogen-bond acceptors (Lipinski definition) is 3. The fourth-order valence-electron chi connectivity index (χ4n) is 2.68. The third-order valence-corrected chi connectivity index (χ3v) is 6.51. The van der Waals surface area contributed by atoms with Gasteiger partial charge in [0, 0.05) is 10.2 Å². The zero-order valence-corrected chi connectivity index (χ0v) is 14.0. The molecule has 1 aliphatic rings. The summed E-state index contributed by atoms with van der Waals surface area (Å²) in [5.41, 5.74) is 3.02. The van der Waals surface area contributed by atoms with Gasteiger partial charge in [-0.05, 0) is 48.7 Å². The van der Waals surface area contributed by atoms with Crippen LogP contribution < -0.4 is 5.32 Å². The van der Waals surface area contributed by atoms with Gasteiger partial charge in [-0.2, -0.15) is 0 Å². The number of halogens is 1. The molecule has 0 bridgehead atoms. The maximum absolute atomic E-state index is 12.1. The summed E-state index contributed by atoms with van der Waals surface area (Å²) < 4.78 is 25.3. The van der Waals surface area contributed by atoms with Gasteiger partial charge in [0.05, 0.1) is 16.7 Å². The number of sulfone groups is 1. The largest absolute Gasteiger partial charge is 0.378 e. The van der Waals surface area contributed by atoms with Crippen LogP contribution in [-0.2, 0) is 9.84 Å². The van der Waals surface area contributed by atoms with Crippen molar-refractivity contribution >= 4 is 31.5 Å². The number of anilines is 1. The highest BCUT2D eigenvalue weighted by Crippen LogP contribution is 2.34. The molecule has 2 aromatic carbocycles. The SMILES string of the molecule is Cc1cc(NC2CCS(=O)(=O)c3ccccc32)ccc1Br. The van der Waals surface area contributed by atoms with Crippen molar-refractivity contribution in [1.82, 2.24) is 0 Å². The maximum atomic E-state index is 12.1. The molecular formula is C16H16BrNO2S. The highest BCUT2D eigenvalue weighted by molar-refractivity contribution is 9.10. The van der Waals surface area contributed by atoms with Gasteiger partial charge in [0.2, 0.25) is 0 Å². The molecule has 0 amide bonds. The Balaban J connectivity index is 1.95. The number of nitrogens with one attached hydrogen (secondary N) is 1. The van der Waals surface area contributed by atoms with E-state index in [1.807, 2.05) is 31.2 Å². The van der Waals surface area contributed by atoms with Crippen molar-refractivity contribution in [2.24, 2.45) is 0 Å². The molecule has 1 aliphatic heterocycles. The smallest absolute Gasteiger partial charge is 0.178 e. The predicted octanol–water partition coefficient (Wildman–Crippen LogP) is 4.09. The van der Waals surface area contributed by atoms with E-state index in [0.717, 1.165) is 21.3 Å². The summed E-state index contributed by atoms with van der Waals surface area (Å²) in [4.78, 5) is 0.461. The Hall–Kier alpha value is -1.33. The highest BCUT2D eigenvalue weighted by atomic mass is 79.9. The van der Waals surface area contributed by atoms with Crippen LogP contribution >= 0.6 is 15.9 Å². The van der Waals surface area contributed by atoms with Crippen molar-refractivity contribution in [2.75, 3.05) is 11.1 Å². The van der Waals surface area contributed by atoms with Gasteiger partial charge < -0.3 is 5.32 Å². The van der Waals surface area contributed by atoms with Crippen LogP contribution in [0.2, 0.25) is 0 Å². The van der Waals surface area contributed by atoms with Crippen molar-refractivity contribution in [3.05, 3.63) is 58.1 Å². The Morgan fingerprint density at radius 1 is 1.19 bits per heavy atom. The molecule has 1 N–H and O–H groups in total. The van der Waals surface area contributed by atoms with Crippen LogP contribution in [0, 0.1) is 6.92 Å². The Kier molecular flexibility index (Phi) is 3.80. The zero-order chi connectivity index (χ0) is 15.0. The molecule has 3 rings (SSSR count). The minimum atomic E-state index is -3.13. The van der Waals surface area contributed by atoms with Gasteiger partial charge in [0.25, 0.3) is 0 Å². The molecular weight excluding hydrogens is 350 g/mol. The maximum Gasteiger partial charge on any atom is 0.178 e. The van der Waals surface area contributed by atoms with E-state index in [1.54, 1.807) is 12.1 Å². The van der Waals surface area contributed by atoms with Crippen LogP contribution in [-0.4, -0.2) is 14.2 Å². The van der Waals surface area contributed by atoms with Crippen molar-refractivity contribution in [3.8, 4) is 0 Å². The third-order valence-electron chi connectivity index (χ3n) is 3.80. The first-order valence-electron chi connectivity index (χ1n) is 6.82. The fraction of sp³-hybridized carbons (Fsp3) is 0.250. The first-order valence-corrected chi connectivity index (χ1v) is 9.26. The standard InChI is InChI=1S/C16H16BrNO2S/c1-11-10-12(6-7-14(11)17)18-15-8-9-21(19,20)16-5-3-2-4-13(15)16/h2-7,10,15,18H,8-9H2,1H3. The van der Waals surface area contributed by atoms with Crippen LogP contribution in [0.25, 0.3) is 0 Å². The van der Waals surface area contributed by atoms with Crippen LogP contribution in [0.15, 0.2) is 51.8 Å². The van der Waals surface area contributed by atoms with Gasteiger partial charge in [0.1, 0.15) is 0 Å². The van der Waals surface area contributed by atoms with E-state index in [0.29, 0.717) is 11.3 Å². The van der Waals surface area contributed by atoms with E-state index in [1.165, 1.54) is 0 Å². The molecule has 5 heteroatoms. The Morgan fingerprint density at radius 3 is 2.71 bits per heavy atom. The first kappa shape index (κ1) is 14.6. The fourth-order valence-corrected chi connectivity index (χ4v) is 4.54. The molecule has 0 aliphatic carbocycles. The van der Waals surface area contributed by atoms with Crippen LogP contribution in [0.1, 0.15) is 23.6 Å².